The standard InChI is InChI=1S/C18H32N2O/c1-6-21-14-7-8-15(19)16(9-14)20-13-10-17(2,3)12-18(4,5)11-13/h7-8,13,16,20H,6,9-12,19H2,1-5H3. The fourth-order valence-corrected chi connectivity index (χ4v) is 4.39. The molecule has 0 saturated heterocycles. The van der Waals surface area contributed by atoms with E-state index in [0.717, 1.165) is 24.5 Å². The maximum atomic E-state index is 6.19. The van der Waals surface area contributed by atoms with Gasteiger partial charge in [-0.25, -0.2) is 0 Å². The average molecular weight is 292 g/mol. The van der Waals surface area contributed by atoms with E-state index in [1.54, 1.807) is 0 Å². The minimum absolute atomic E-state index is 0.214. The summed E-state index contributed by atoms with van der Waals surface area (Å²) in [4.78, 5) is 0. The minimum atomic E-state index is 0.214. The van der Waals surface area contributed by atoms with Gasteiger partial charge in [-0.05, 0) is 49.2 Å². The van der Waals surface area contributed by atoms with Gasteiger partial charge in [0.1, 0.15) is 0 Å². The molecule has 0 aromatic carbocycles. The van der Waals surface area contributed by atoms with E-state index in [2.05, 4.69) is 33.0 Å². The molecule has 21 heavy (non-hydrogen) atoms. The van der Waals surface area contributed by atoms with E-state index in [9.17, 15) is 0 Å². The number of nitrogens with one attached hydrogen (secondary N) is 1. The third kappa shape index (κ3) is 4.50. The molecule has 1 fully saturated rings. The van der Waals surface area contributed by atoms with Crippen LogP contribution in [0.1, 0.15) is 60.3 Å². The largest absolute Gasteiger partial charge is 0.498 e. The summed E-state index contributed by atoms with van der Waals surface area (Å²) >= 11 is 0. The number of allylic oxidation sites excluding steroid dienone is 2. The van der Waals surface area contributed by atoms with Crippen molar-refractivity contribution >= 4 is 0 Å². The average Bonchev–Trinajstić information content (AvgIpc) is 2.29. The van der Waals surface area contributed by atoms with E-state index < -0.39 is 0 Å². The maximum absolute atomic E-state index is 6.19. The molecule has 2 rings (SSSR count). The number of nitrogens with two attached hydrogens (primary N) is 1. The molecule has 0 heterocycles. The van der Waals surface area contributed by atoms with Crippen molar-refractivity contribution in [1.82, 2.24) is 5.32 Å². The quantitative estimate of drug-likeness (QED) is 0.830. The summed E-state index contributed by atoms with van der Waals surface area (Å²) in [7, 11) is 0. The van der Waals surface area contributed by atoms with Gasteiger partial charge in [-0.1, -0.05) is 27.7 Å². The highest BCUT2D eigenvalue weighted by atomic mass is 16.5. The zero-order chi connectivity index (χ0) is 15.7. The zero-order valence-corrected chi connectivity index (χ0v) is 14.3. The molecule has 1 atom stereocenters. The Labute approximate surface area is 130 Å². The van der Waals surface area contributed by atoms with Crippen LogP contribution < -0.4 is 11.1 Å². The molecule has 0 bridgehead atoms. The first-order valence-corrected chi connectivity index (χ1v) is 8.26. The van der Waals surface area contributed by atoms with Crippen LogP contribution in [0, 0.1) is 10.8 Å². The second-order valence-electron chi connectivity index (χ2n) is 8.27. The van der Waals surface area contributed by atoms with Crippen LogP contribution in [-0.2, 0) is 4.74 Å². The Hall–Kier alpha value is -0.960. The van der Waals surface area contributed by atoms with Crippen LogP contribution in [0.15, 0.2) is 23.6 Å². The van der Waals surface area contributed by atoms with Crippen LogP contribution in [0.25, 0.3) is 0 Å². The van der Waals surface area contributed by atoms with Gasteiger partial charge in [0.15, 0.2) is 0 Å². The smallest absolute Gasteiger partial charge is 0.0979 e. The molecule has 1 unspecified atom stereocenters. The van der Waals surface area contributed by atoms with Gasteiger partial charge in [0, 0.05) is 18.2 Å². The number of hydrogen-bond acceptors (Lipinski definition) is 3. The minimum Gasteiger partial charge on any atom is -0.498 e. The van der Waals surface area contributed by atoms with Gasteiger partial charge in [0.2, 0.25) is 0 Å². The van der Waals surface area contributed by atoms with E-state index >= 15 is 0 Å². The van der Waals surface area contributed by atoms with E-state index in [0.29, 0.717) is 16.9 Å². The fourth-order valence-electron chi connectivity index (χ4n) is 4.39. The van der Waals surface area contributed by atoms with Crippen molar-refractivity contribution in [3.05, 3.63) is 23.6 Å². The lowest BCUT2D eigenvalue weighted by atomic mass is 9.63. The molecule has 3 N–H and O–H groups in total. The molecule has 0 radical (unpaired) electrons. The van der Waals surface area contributed by atoms with Gasteiger partial charge >= 0.3 is 0 Å². The van der Waals surface area contributed by atoms with Gasteiger partial charge in [-0.15, -0.1) is 0 Å². The van der Waals surface area contributed by atoms with Crippen LogP contribution >= 0.6 is 0 Å². The Kier molecular flexibility index (Phi) is 4.72. The van der Waals surface area contributed by atoms with Gasteiger partial charge < -0.3 is 15.8 Å². The van der Waals surface area contributed by atoms with Crippen molar-refractivity contribution in [2.75, 3.05) is 6.61 Å². The number of rotatable bonds is 4. The van der Waals surface area contributed by atoms with E-state index in [1.807, 2.05) is 19.1 Å². The predicted molar refractivity (Wildman–Crippen MR) is 88.7 cm³/mol. The molecule has 3 nitrogen and oxygen atoms in total. The lowest BCUT2D eigenvalue weighted by Crippen LogP contribution is -2.49. The van der Waals surface area contributed by atoms with Crippen molar-refractivity contribution in [3.63, 3.8) is 0 Å². The number of hydrogen-bond donors (Lipinski definition) is 2. The number of ether oxygens (including phenoxy) is 1. The SMILES string of the molecule is CCOC1=CC=C(N)C(NC2CC(C)(C)CC(C)(C)C2)C1. The predicted octanol–water partition coefficient (Wildman–Crippen LogP) is 3.72. The molecular weight excluding hydrogens is 260 g/mol. The lowest BCUT2D eigenvalue weighted by molar-refractivity contribution is 0.0806. The van der Waals surface area contributed by atoms with Crippen molar-refractivity contribution < 1.29 is 4.74 Å². The topological polar surface area (TPSA) is 47.3 Å². The third-order valence-electron chi connectivity index (χ3n) is 4.59. The first-order chi connectivity index (χ1) is 9.71. The van der Waals surface area contributed by atoms with E-state index in [4.69, 9.17) is 10.5 Å². The highest BCUT2D eigenvalue weighted by Crippen LogP contribution is 2.45. The summed E-state index contributed by atoms with van der Waals surface area (Å²) in [6, 6.07) is 0.743. The van der Waals surface area contributed by atoms with Crippen LogP contribution in [0.5, 0.6) is 0 Å². The van der Waals surface area contributed by atoms with Gasteiger partial charge in [0.05, 0.1) is 18.4 Å². The Morgan fingerprint density at radius 3 is 2.38 bits per heavy atom. The zero-order valence-electron chi connectivity index (χ0n) is 14.3. The molecule has 120 valence electrons. The summed E-state index contributed by atoms with van der Waals surface area (Å²) in [6.45, 7) is 12.3. The first-order valence-electron chi connectivity index (χ1n) is 8.26. The molecule has 0 aromatic heterocycles. The van der Waals surface area contributed by atoms with E-state index in [-0.39, 0.29) is 6.04 Å². The molecular formula is C18H32N2O. The molecule has 0 spiro atoms. The van der Waals surface area contributed by atoms with Gasteiger partial charge in [-0.2, -0.15) is 0 Å². The summed E-state index contributed by atoms with van der Waals surface area (Å²) < 4.78 is 5.65. The Morgan fingerprint density at radius 1 is 1.19 bits per heavy atom. The normalized spacial score (nSPS) is 28.7. The van der Waals surface area contributed by atoms with E-state index in [1.165, 1.54) is 19.3 Å². The van der Waals surface area contributed by atoms with Crippen LogP contribution in [0.4, 0.5) is 0 Å². The lowest BCUT2D eigenvalue weighted by Gasteiger charge is -2.46. The summed E-state index contributed by atoms with van der Waals surface area (Å²) in [5, 5.41) is 3.79. The fraction of sp³-hybridized carbons (Fsp3) is 0.778. The van der Waals surface area contributed by atoms with Crippen LogP contribution in [0.2, 0.25) is 0 Å². The van der Waals surface area contributed by atoms with Gasteiger partial charge in [0.25, 0.3) is 0 Å². The molecule has 3 heteroatoms. The third-order valence-corrected chi connectivity index (χ3v) is 4.59. The highest BCUT2D eigenvalue weighted by Gasteiger charge is 2.39. The molecule has 2 aliphatic carbocycles. The molecule has 2 aliphatic rings. The first kappa shape index (κ1) is 16.4. The molecule has 0 amide bonds. The Morgan fingerprint density at radius 2 is 1.81 bits per heavy atom. The maximum Gasteiger partial charge on any atom is 0.0979 e. The monoisotopic (exact) mass is 292 g/mol. The summed E-state index contributed by atoms with van der Waals surface area (Å²) in [5.41, 5.74) is 7.91. The molecule has 0 aliphatic heterocycles. The van der Waals surface area contributed by atoms with Crippen LogP contribution in [-0.4, -0.2) is 18.7 Å². The second kappa shape index (κ2) is 6.04. The Bertz CT molecular complexity index is 418. The van der Waals surface area contributed by atoms with Crippen molar-refractivity contribution in [1.29, 1.82) is 0 Å². The van der Waals surface area contributed by atoms with Crippen molar-refractivity contribution in [3.8, 4) is 0 Å². The highest BCUT2D eigenvalue weighted by molar-refractivity contribution is 5.25. The van der Waals surface area contributed by atoms with Gasteiger partial charge in [-0.3, -0.25) is 0 Å². The molecule has 1 saturated carbocycles. The summed E-state index contributed by atoms with van der Waals surface area (Å²) in [5.74, 6) is 1.04. The summed E-state index contributed by atoms with van der Waals surface area (Å²) in [6.07, 6.45) is 8.59. The second-order valence-corrected chi connectivity index (χ2v) is 8.27. The van der Waals surface area contributed by atoms with Crippen LogP contribution in [0.3, 0.4) is 0 Å². The van der Waals surface area contributed by atoms with Crippen molar-refractivity contribution in [2.24, 2.45) is 16.6 Å². The molecule has 0 aromatic rings. The van der Waals surface area contributed by atoms with Crippen molar-refractivity contribution in [2.45, 2.75) is 72.4 Å². The Balaban J connectivity index is 2.01.